The van der Waals surface area contributed by atoms with Crippen LogP contribution in [0, 0.1) is 6.92 Å². The normalized spacial score (nSPS) is 10.7. The van der Waals surface area contributed by atoms with E-state index in [1.54, 1.807) is 0 Å². The van der Waals surface area contributed by atoms with Crippen molar-refractivity contribution in [2.75, 3.05) is 5.32 Å². The quantitative estimate of drug-likeness (QED) is 0.889. The topological polar surface area (TPSA) is 47.7 Å². The summed E-state index contributed by atoms with van der Waals surface area (Å²) in [6.07, 6.45) is 2.93. The lowest BCUT2D eigenvalue weighted by molar-refractivity contribution is 0.535. The maximum atomic E-state index is 4.51. The molecule has 0 saturated carbocycles. The van der Waals surface area contributed by atoms with Crippen LogP contribution in [0.1, 0.15) is 44.6 Å². The molecule has 6 heteroatoms. The van der Waals surface area contributed by atoms with Crippen LogP contribution in [0.2, 0.25) is 0 Å². The van der Waals surface area contributed by atoms with Crippen LogP contribution in [-0.4, -0.2) is 19.6 Å². The van der Waals surface area contributed by atoms with Crippen LogP contribution >= 0.6 is 12.4 Å². The van der Waals surface area contributed by atoms with E-state index in [2.05, 4.69) is 47.0 Å². The molecule has 0 fully saturated rings. The Kier molecular flexibility index (Phi) is 6.07. The monoisotopic (exact) mass is 297 g/mol. The zero-order valence-electron chi connectivity index (χ0n) is 12.6. The minimum absolute atomic E-state index is 0. The van der Waals surface area contributed by atoms with Gasteiger partial charge in [0.1, 0.15) is 5.82 Å². The van der Waals surface area contributed by atoms with E-state index in [1.807, 2.05) is 23.9 Å². The molecule has 2 heterocycles. The lowest BCUT2D eigenvalue weighted by Crippen LogP contribution is -2.13. The van der Waals surface area contributed by atoms with Crippen molar-refractivity contribution < 1.29 is 0 Å². The summed E-state index contributed by atoms with van der Waals surface area (Å²) < 4.78 is 4.08. The Balaban J connectivity index is 0.00000200. The second-order valence-corrected chi connectivity index (χ2v) is 5.11. The van der Waals surface area contributed by atoms with E-state index in [0.29, 0.717) is 6.04 Å². The van der Waals surface area contributed by atoms with Gasteiger partial charge in [0.15, 0.2) is 0 Å². The molecule has 0 saturated heterocycles. The highest BCUT2D eigenvalue weighted by Gasteiger charge is 2.08. The maximum Gasteiger partial charge on any atom is 0.124 e. The predicted octanol–water partition coefficient (Wildman–Crippen LogP) is 3.41. The second kappa shape index (κ2) is 7.33. The standard InChI is InChI=1S/C14H23N5.ClH/c1-5-8-18-13(9-12(4)17-18)10-15-14-6-7-16-19(14)11(2)3;/h6-7,9,11,15H,5,8,10H2,1-4H3;1H. The van der Waals surface area contributed by atoms with E-state index in [9.17, 15) is 0 Å². The van der Waals surface area contributed by atoms with Gasteiger partial charge in [-0.25, -0.2) is 4.68 Å². The molecule has 0 aliphatic rings. The average molecular weight is 298 g/mol. The number of halogens is 1. The van der Waals surface area contributed by atoms with Crippen molar-refractivity contribution in [3.05, 3.63) is 29.7 Å². The fraction of sp³-hybridized carbons (Fsp3) is 0.571. The summed E-state index contributed by atoms with van der Waals surface area (Å²) in [6, 6.07) is 4.51. The van der Waals surface area contributed by atoms with Crippen LogP contribution < -0.4 is 5.32 Å². The number of aryl methyl sites for hydroxylation is 2. The van der Waals surface area contributed by atoms with Crippen LogP contribution in [0.4, 0.5) is 5.82 Å². The molecule has 20 heavy (non-hydrogen) atoms. The molecule has 0 aromatic carbocycles. The highest BCUT2D eigenvalue weighted by atomic mass is 35.5. The van der Waals surface area contributed by atoms with E-state index in [0.717, 1.165) is 31.0 Å². The van der Waals surface area contributed by atoms with E-state index >= 15 is 0 Å². The number of anilines is 1. The first-order chi connectivity index (χ1) is 9.11. The largest absolute Gasteiger partial charge is 0.365 e. The molecule has 2 aromatic heterocycles. The molecule has 0 aliphatic carbocycles. The molecule has 2 aromatic rings. The van der Waals surface area contributed by atoms with Gasteiger partial charge in [-0.05, 0) is 33.3 Å². The highest BCUT2D eigenvalue weighted by Crippen LogP contribution is 2.14. The summed E-state index contributed by atoms with van der Waals surface area (Å²) in [7, 11) is 0. The first-order valence-corrected chi connectivity index (χ1v) is 6.92. The molecule has 0 aliphatic heterocycles. The third kappa shape index (κ3) is 3.76. The Morgan fingerprint density at radius 1 is 1.35 bits per heavy atom. The zero-order valence-corrected chi connectivity index (χ0v) is 13.4. The fourth-order valence-corrected chi connectivity index (χ4v) is 2.19. The molecule has 2 rings (SSSR count). The Bertz CT molecular complexity index is 529. The van der Waals surface area contributed by atoms with Crippen LogP contribution in [0.25, 0.3) is 0 Å². The zero-order chi connectivity index (χ0) is 13.8. The van der Waals surface area contributed by atoms with Crippen molar-refractivity contribution >= 4 is 18.2 Å². The van der Waals surface area contributed by atoms with Crippen molar-refractivity contribution in [2.24, 2.45) is 0 Å². The summed E-state index contributed by atoms with van der Waals surface area (Å²) in [5.41, 5.74) is 2.29. The van der Waals surface area contributed by atoms with Gasteiger partial charge in [0.25, 0.3) is 0 Å². The van der Waals surface area contributed by atoms with Crippen molar-refractivity contribution in [3.63, 3.8) is 0 Å². The van der Waals surface area contributed by atoms with Crippen LogP contribution in [0.15, 0.2) is 18.3 Å². The Morgan fingerprint density at radius 2 is 2.10 bits per heavy atom. The molecule has 0 bridgehead atoms. The molecular formula is C14H24ClN5. The first-order valence-electron chi connectivity index (χ1n) is 6.92. The predicted molar refractivity (Wildman–Crippen MR) is 84.4 cm³/mol. The lowest BCUT2D eigenvalue weighted by Gasteiger charge is -2.13. The lowest BCUT2D eigenvalue weighted by atomic mass is 10.3. The van der Waals surface area contributed by atoms with Crippen molar-refractivity contribution in [1.82, 2.24) is 19.6 Å². The minimum Gasteiger partial charge on any atom is -0.365 e. The summed E-state index contributed by atoms with van der Waals surface area (Å²) >= 11 is 0. The van der Waals surface area contributed by atoms with Gasteiger partial charge in [-0.15, -0.1) is 12.4 Å². The third-order valence-corrected chi connectivity index (χ3v) is 3.03. The van der Waals surface area contributed by atoms with Crippen LogP contribution in [0.5, 0.6) is 0 Å². The van der Waals surface area contributed by atoms with Gasteiger partial charge in [-0.1, -0.05) is 6.92 Å². The molecule has 0 radical (unpaired) electrons. The highest BCUT2D eigenvalue weighted by molar-refractivity contribution is 5.85. The number of hydrogen-bond donors (Lipinski definition) is 1. The SMILES string of the molecule is CCCn1nc(C)cc1CNc1ccnn1C(C)C.Cl. The van der Waals surface area contributed by atoms with Gasteiger partial charge in [0.05, 0.1) is 24.1 Å². The minimum atomic E-state index is 0. The van der Waals surface area contributed by atoms with Gasteiger partial charge in [0.2, 0.25) is 0 Å². The maximum absolute atomic E-state index is 4.51. The molecule has 1 N–H and O–H groups in total. The van der Waals surface area contributed by atoms with Crippen molar-refractivity contribution in [1.29, 1.82) is 0 Å². The van der Waals surface area contributed by atoms with Crippen molar-refractivity contribution in [3.8, 4) is 0 Å². The first kappa shape index (κ1) is 16.6. The number of hydrogen-bond acceptors (Lipinski definition) is 3. The van der Waals surface area contributed by atoms with Crippen LogP contribution in [-0.2, 0) is 13.1 Å². The molecule has 112 valence electrons. The summed E-state index contributed by atoms with van der Waals surface area (Å²) in [6.45, 7) is 10.2. The Morgan fingerprint density at radius 3 is 2.75 bits per heavy atom. The number of nitrogens with zero attached hydrogens (tertiary/aromatic N) is 4. The number of nitrogens with one attached hydrogen (secondary N) is 1. The summed E-state index contributed by atoms with van der Waals surface area (Å²) in [5.74, 6) is 1.05. The van der Waals surface area contributed by atoms with Gasteiger partial charge in [-0.2, -0.15) is 10.2 Å². The van der Waals surface area contributed by atoms with Crippen molar-refractivity contribution in [2.45, 2.75) is 53.2 Å². The van der Waals surface area contributed by atoms with Crippen LogP contribution in [0.3, 0.4) is 0 Å². The average Bonchev–Trinajstić information content (AvgIpc) is 2.94. The number of aromatic nitrogens is 4. The second-order valence-electron chi connectivity index (χ2n) is 5.11. The van der Waals surface area contributed by atoms with Gasteiger partial charge in [0, 0.05) is 18.7 Å². The smallest absolute Gasteiger partial charge is 0.124 e. The molecular weight excluding hydrogens is 274 g/mol. The Labute approximate surface area is 126 Å². The third-order valence-electron chi connectivity index (χ3n) is 3.03. The van der Waals surface area contributed by atoms with Gasteiger partial charge in [-0.3, -0.25) is 4.68 Å². The fourth-order valence-electron chi connectivity index (χ4n) is 2.19. The molecule has 0 spiro atoms. The molecule has 0 atom stereocenters. The summed E-state index contributed by atoms with van der Waals surface area (Å²) in [5, 5.41) is 12.3. The van der Waals surface area contributed by atoms with Gasteiger partial charge >= 0.3 is 0 Å². The van der Waals surface area contributed by atoms with E-state index in [4.69, 9.17) is 0 Å². The van der Waals surface area contributed by atoms with E-state index in [-0.39, 0.29) is 12.4 Å². The Hall–Kier alpha value is -1.49. The van der Waals surface area contributed by atoms with Gasteiger partial charge < -0.3 is 5.32 Å². The molecule has 0 unspecified atom stereocenters. The van der Waals surface area contributed by atoms with E-state index in [1.165, 1.54) is 5.69 Å². The summed E-state index contributed by atoms with van der Waals surface area (Å²) in [4.78, 5) is 0. The molecule has 0 amide bonds. The van der Waals surface area contributed by atoms with E-state index < -0.39 is 0 Å². The molecule has 5 nitrogen and oxygen atoms in total. The number of rotatable bonds is 6.